The second kappa shape index (κ2) is 6.21. The van der Waals surface area contributed by atoms with Crippen LogP contribution in [0.25, 0.3) is 11.3 Å². The number of aliphatic carboxylic acids is 1. The number of nitrogens with one attached hydrogen (secondary N) is 1. The Morgan fingerprint density at radius 1 is 1.29 bits per heavy atom. The fourth-order valence-corrected chi connectivity index (χ4v) is 1.96. The summed E-state index contributed by atoms with van der Waals surface area (Å²) < 4.78 is 0. The number of carboxylic acid groups (broad SMARTS) is 1. The zero-order chi connectivity index (χ0) is 15.4. The van der Waals surface area contributed by atoms with Crippen molar-refractivity contribution in [1.29, 1.82) is 0 Å². The highest BCUT2D eigenvalue weighted by atomic mass is 16.4. The van der Waals surface area contributed by atoms with E-state index in [4.69, 9.17) is 5.11 Å². The molecule has 0 aliphatic heterocycles. The Balaban J connectivity index is 2.20. The molecule has 1 heterocycles. The summed E-state index contributed by atoms with van der Waals surface area (Å²) >= 11 is 0. The van der Waals surface area contributed by atoms with Gasteiger partial charge in [-0.05, 0) is 19.9 Å². The number of rotatable bonds is 5. The smallest absolute Gasteiger partial charge is 0.323 e. The van der Waals surface area contributed by atoms with Crippen molar-refractivity contribution in [2.75, 3.05) is 13.1 Å². The normalized spacial score (nSPS) is 10.4. The number of likely N-dealkylation sites (N-methyl/N-ethyl adjacent to an activating group) is 1. The maximum absolute atomic E-state index is 12.2. The van der Waals surface area contributed by atoms with Crippen LogP contribution in [0, 0.1) is 6.92 Å². The molecule has 2 rings (SSSR count). The molecule has 6 heteroatoms. The van der Waals surface area contributed by atoms with E-state index in [-0.39, 0.29) is 18.1 Å². The number of aromatic nitrogens is 2. The molecule has 1 amide bonds. The number of hydrogen-bond donors (Lipinski definition) is 2. The van der Waals surface area contributed by atoms with Crippen molar-refractivity contribution in [2.24, 2.45) is 0 Å². The van der Waals surface area contributed by atoms with Gasteiger partial charge in [0.2, 0.25) is 0 Å². The average Bonchev–Trinajstić information content (AvgIpc) is 2.94. The van der Waals surface area contributed by atoms with E-state index >= 15 is 0 Å². The van der Waals surface area contributed by atoms with Crippen LogP contribution in [0.5, 0.6) is 0 Å². The highest BCUT2D eigenvalue weighted by molar-refractivity contribution is 5.95. The summed E-state index contributed by atoms with van der Waals surface area (Å²) in [6.45, 7) is 3.73. The number of nitrogens with zero attached hydrogens (tertiary/aromatic N) is 2. The standard InChI is InChI=1S/C15H17N3O3/c1-3-18(9-14(19)20)15(21)13-8-12(16-17-13)11-6-4-10(2)5-7-11/h4-8H,3,9H2,1-2H3,(H,16,17)(H,19,20). The van der Waals surface area contributed by atoms with Crippen LogP contribution in [0.3, 0.4) is 0 Å². The van der Waals surface area contributed by atoms with Gasteiger partial charge in [-0.3, -0.25) is 14.7 Å². The molecule has 0 saturated heterocycles. The Hall–Kier alpha value is -2.63. The number of carboxylic acids is 1. The van der Waals surface area contributed by atoms with Gasteiger partial charge in [-0.2, -0.15) is 5.10 Å². The van der Waals surface area contributed by atoms with Crippen molar-refractivity contribution in [3.8, 4) is 11.3 Å². The lowest BCUT2D eigenvalue weighted by molar-refractivity contribution is -0.137. The third-order valence-electron chi connectivity index (χ3n) is 3.15. The molecule has 2 N–H and O–H groups in total. The number of benzene rings is 1. The van der Waals surface area contributed by atoms with Crippen LogP contribution in [0.2, 0.25) is 0 Å². The van der Waals surface area contributed by atoms with Crippen molar-refractivity contribution in [3.63, 3.8) is 0 Å². The molecule has 0 aliphatic carbocycles. The quantitative estimate of drug-likeness (QED) is 0.879. The van der Waals surface area contributed by atoms with Gasteiger partial charge in [0.15, 0.2) is 0 Å². The van der Waals surface area contributed by atoms with Crippen LogP contribution in [-0.2, 0) is 4.79 Å². The second-order valence-corrected chi connectivity index (χ2v) is 4.75. The van der Waals surface area contributed by atoms with Crippen molar-refractivity contribution >= 4 is 11.9 Å². The summed E-state index contributed by atoms with van der Waals surface area (Å²) in [6.07, 6.45) is 0. The van der Waals surface area contributed by atoms with Crippen LogP contribution < -0.4 is 0 Å². The topological polar surface area (TPSA) is 86.3 Å². The average molecular weight is 287 g/mol. The number of carbonyl (C=O) groups excluding carboxylic acids is 1. The predicted octanol–water partition coefficient (Wildman–Crippen LogP) is 1.93. The first-order valence-corrected chi connectivity index (χ1v) is 6.64. The Kier molecular flexibility index (Phi) is 4.37. The number of aryl methyl sites for hydroxylation is 1. The number of hydrogen-bond acceptors (Lipinski definition) is 3. The van der Waals surface area contributed by atoms with E-state index in [0.717, 1.165) is 11.1 Å². The second-order valence-electron chi connectivity index (χ2n) is 4.75. The van der Waals surface area contributed by atoms with Gasteiger partial charge in [-0.1, -0.05) is 29.8 Å². The summed E-state index contributed by atoms with van der Waals surface area (Å²) in [5.41, 5.74) is 2.99. The molecule has 6 nitrogen and oxygen atoms in total. The molecule has 2 aromatic rings. The Morgan fingerprint density at radius 2 is 1.95 bits per heavy atom. The first-order valence-electron chi connectivity index (χ1n) is 6.64. The highest BCUT2D eigenvalue weighted by Gasteiger charge is 2.19. The van der Waals surface area contributed by atoms with Gasteiger partial charge in [-0.25, -0.2) is 0 Å². The first-order chi connectivity index (χ1) is 10.0. The summed E-state index contributed by atoms with van der Waals surface area (Å²) in [4.78, 5) is 24.2. The minimum atomic E-state index is -1.04. The molecule has 0 fully saturated rings. The molecule has 0 radical (unpaired) electrons. The highest BCUT2D eigenvalue weighted by Crippen LogP contribution is 2.18. The Bertz CT molecular complexity index is 646. The molecular formula is C15H17N3O3. The lowest BCUT2D eigenvalue weighted by Gasteiger charge is -2.16. The summed E-state index contributed by atoms with van der Waals surface area (Å²) in [5.74, 6) is -1.41. The molecule has 21 heavy (non-hydrogen) atoms. The van der Waals surface area contributed by atoms with E-state index < -0.39 is 5.97 Å². The van der Waals surface area contributed by atoms with Crippen LogP contribution in [0.1, 0.15) is 23.0 Å². The third kappa shape index (κ3) is 3.47. The maximum Gasteiger partial charge on any atom is 0.323 e. The first kappa shape index (κ1) is 14.8. The molecule has 110 valence electrons. The van der Waals surface area contributed by atoms with Crippen molar-refractivity contribution in [3.05, 3.63) is 41.6 Å². The molecular weight excluding hydrogens is 270 g/mol. The van der Waals surface area contributed by atoms with Crippen LogP contribution in [-0.4, -0.2) is 45.2 Å². The fourth-order valence-electron chi connectivity index (χ4n) is 1.96. The van der Waals surface area contributed by atoms with E-state index in [1.807, 2.05) is 31.2 Å². The lowest BCUT2D eigenvalue weighted by atomic mass is 10.1. The largest absolute Gasteiger partial charge is 0.480 e. The number of carbonyl (C=O) groups is 2. The lowest BCUT2D eigenvalue weighted by Crippen LogP contribution is -2.35. The van der Waals surface area contributed by atoms with Crippen LogP contribution >= 0.6 is 0 Å². The van der Waals surface area contributed by atoms with Gasteiger partial charge in [0.05, 0.1) is 5.69 Å². The molecule has 0 spiro atoms. The maximum atomic E-state index is 12.2. The van der Waals surface area contributed by atoms with Crippen LogP contribution in [0.15, 0.2) is 30.3 Å². The molecule has 0 bridgehead atoms. The molecule has 1 aromatic carbocycles. The summed E-state index contributed by atoms with van der Waals surface area (Å²) in [5, 5.41) is 15.6. The molecule has 1 aromatic heterocycles. The number of H-pyrrole nitrogens is 1. The predicted molar refractivity (Wildman–Crippen MR) is 78.0 cm³/mol. The molecule has 0 atom stereocenters. The zero-order valence-corrected chi connectivity index (χ0v) is 12.0. The van der Waals surface area contributed by atoms with E-state index in [0.29, 0.717) is 12.2 Å². The van der Waals surface area contributed by atoms with E-state index in [2.05, 4.69) is 10.2 Å². The van der Waals surface area contributed by atoms with Crippen molar-refractivity contribution in [2.45, 2.75) is 13.8 Å². The van der Waals surface area contributed by atoms with Crippen LogP contribution in [0.4, 0.5) is 0 Å². The Labute approximate surface area is 122 Å². The fraction of sp³-hybridized carbons (Fsp3) is 0.267. The number of amides is 1. The van der Waals surface area contributed by atoms with Gasteiger partial charge in [0.1, 0.15) is 12.2 Å². The molecule has 0 aliphatic rings. The zero-order valence-electron chi connectivity index (χ0n) is 12.0. The summed E-state index contributed by atoms with van der Waals surface area (Å²) in [6, 6.07) is 9.42. The Morgan fingerprint density at radius 3 is 2.52 bits per heavy atom. The van der Waals surface area contributed by atoms with Gasteiger partial charge >= 0.3 is 5.97 Å². The van der Waals surface area contributed by atoms with Gasteiger partial charge in [0, 0.05) is 12.1 Å². The van der Waals surface area contributed by atoms with Gasteiger partial charge in [-0.15, -0.1) is 0 Å². The SMILES string of the molecule is CCN(CC(=O)O)C(=O)c1cc(-c2ccc(C)cc2)n[nH]1. The van der Waals surface area contributed by atoms with Crippen molar-refractivity contribution < 1.29 is 14.7 Å². The van der Waals surface area contributed by atoms with E-state index in [1.54, 1.807) is 13.0 Å². The summed E-state index contributed by atoms with van der Waals surface area (Å²) in [7, 11) is 0. The van der Waals surface area contributed by atoms with E-state index in [1.165, 1.54) is 4.90 Å². The van der Waals surface area contributed by atoms with E-state index in [9.17, 15) is 9.59 Å². The minimum absolute atomic E-state index is 0.286. The van der Waals surface area contributed by atoms with Gasteiger partial charge < -0.3 is 10.0 Å². The molecule has 0 unspecified atom stereocenters. The van der Waals surface area contributed by atoms with Gasteiger partial charge in [0.25, 0.3) is 5.91 Å². The monoisotopic (exact) mass is 287 g/mol. The third-order valence-corrected chi connectivity index (χ3v) is 3.15. The minimum Gasteiger partial charge on any atom is -0.480 e. The molecule has 0 saturated carbocycles. The van der Waals surface area contributed by atoms with Crippen molar-refractivity contribution in [1.82, 2.24) is 15.1 Å². The number of aromatic amines is 1.